The molecule has 2 N–H and O–H groups in total. The highest BCUT2D eigenvalue weighted by Crippen LogP contribution is 2.25. The van der Waals surface area contributed by atoms with Gasteiger partial charge in [-0.15, -0.1) is 0 Å². The zero-order chi connectivity index (χ0) is 14.0. The van der Waals surface area contributed by atoms with Gasteiger partial charge in [-0.2, -0.15) is 0 Å². The van der Waals surface area contributed by atoms with Crippen LogP contribution in [0.5, 0.6) is 0 Å². The van der Waals surface area contributed by atoms with E-state index in [0.29, 0.717) is 6.04 Å². The quantitative estimate of drug-likeness (QED) is 0.880. The molecule has 0 amide bonds. The number of rotatable bonds is 4. The van der Waals surface area contributed by atoms with Crippen LogP contribution < -0.4 is 5.32 Å². The molecular formula is C16H23N3. The van der Waals surface area contributed by atoms with Crippen LogP contribution in [-0.4, -0.2) is 16.0 Å². The summed E-state index contributed by atoms with van der Waals surface area (Å²) in [5.41, 5.74) is 6.36. The van der Waals surface area contributed by atoms with Crippen LogP contribution in [0.1, 0.15) is 36.4 Å². The van der Waals surface area contributed by atoms with Crippen LogP contribution in [0.15, 0.2) is 18.3 Å². The third kappa shape index (κ3) is 3.04. The zero-order valence-electron chi connectivity index (χ0n) is 12.5. The first kappa shape index (κ1) is 13.8. The molecule has 0 unspecified atom stereocenters. The summed E-state index contributed by atoms with van der Waals surface area (Å²) in [6, 6.07) is 4.81. The first-order valence-electron chi connectivity index (χ1n) is 6.83. The van der Waals surface area contributed by atoms with Gasteiger partial charge in [-0.25, -0.2) is 4.98 Å². The third-order valence-electron chi connectivity index (χ3n) is 3.65. The monoisotopic (exact) mass is 257 g/mol. The van der Waals surface area contributed by atoms with Gasteiger partial charge >= 0.3 is 0 Å². The Labute approximate surface area is 115 Å². The van der Waals surface area contributed by atoms with Gasteiger partial charge in [-0.3, -0.25) is 0 Å². The summed E-state index contributed by atoms with van der Waals surface area (Å²) in [5.74, 6) is 0.987. The Morgan fingerprint density at radius 2 is 1.89 bits per heavy atom. The molecule has 0 atom stereocenters. The van der Waals surface area contributed by atoms with Crippen molar-refractivity contribution < 1.29 is 0 Å². The van der Waals surface area contributed by atoms with E-state index in [9.17, 15) is 0 Å². The third-order valence-corrected chi connectivity index (χ3v) is 3.65. The van der Waals surface area contributed by atoms with Gasteiger partial charge in [-0.05, 0) is 37.5 Å². The maximum atomic E-state index is 4.44. The van der Waals surface area contributed by atoms with E-state index in [1.165, 1.54) is 22.3 Å². The van der Waals surface area contributed by atoms with Gasteiger partial charge in [0.15, 0.2) is 0 Å². The Morgan fingerprint density at radius 1 is 1.16 bits per heavy atom. The van der Waals surface area contributed by atoms with Crippen LogP contribution >= 0.6 is 0 Å². The lowest BCUT2D eigenvalue weighted by Gasteiger charge is -2.09. The summed E-state index contributed by atoms with van der Waals surface area (Å²) in [6.07, 6.45) is 1.93. The maximum Gasteiger partial charge on any atom is 0.120 e. The SMILES string of the molecule is Cc1ccc(-c2cnc(CNC(C)C)[nH]2)c(C)c1C. The summed E-state index contributed by atoms with van der Waals surface area (Å²) >= 11 is 0. The summed E-state index contributed by atoms with van der Waals surface area (Å²) < 4.78 is 0. The van der Waals surface area contributed by atoms with Gasteiger partial charge in [0.25, 0.3) is 0 Å². The highest BCUT2D eigenvalue weighted by Gasteiger charge is 2.09. The van der Waals surface area contributed by atoms with Crippen molar-refractivity contribution in [3.05, 3.63) is 40.8 Å². The van der Waals surface area contributed by atoms with Gasteiger partial charge in [0.05, 0.1) is 18.4 Å². The van der Waals surface area contributed by atoms with E-state index in [-0.39, 0.29) is 0 Å². The molecule has 19 heavy (non-hydrogen) atoms. The number of aromatic nitrogens is 2. The summed E-state index contributed by atoms with van der Waals surface area (Å²) in [4.78, 5) is 7.84. The fourth-order valence-corrected chi connectivity index (χ4v) is 2.14. The maximum absolute atomic E-state index is 4.44. The molecule has 102 valence electrons. The zero-order valence-corrected chi connectivity index (χ0v) is 12.5. The average molecular weight is 257 g/mol. The van der Waals surface area contributed by atoms with E-state index in [1.807, 2.05) is 6.20 Å². The molecule has 3 heteroatoms. The van der Waals surface area contributed by atoms with Crippen molar-refractivity contribution in [1.82, 2.24) is 15.3 Å². The summed E-state index contributed by atoms with van der Waals surface area (Å²) in [5, 5.41) is 3.37. The largest absolute Gasteiger partial charge is 0.341 e. The normalized spacial score (nSPS) is 11.3. The molecule has 0 bridgehead atoms. The Bertz CT molecular complexity index is 567. The summed E-state index contributed by atoms with van der Waals surface area (Å²) in [7, 11) is 0. The molecule has 1 aromatic heterocycles. The van der Waals surface area contributed by atoms with E-state index in [0.717, 1.165) is 18.1 Å². The van der Waals surface area contributed by atoms with Crippen molar-refractivity contribution in [2.45, 2.75) is 47.2 Å². The van der Waals surface area contributed by atoms with Crippen LogP contribution in [0.3, 0.4) is 0 Å². The van der Waals surface area contributed by atoms with Gasteiger partial charge in [-0.1, -0.05) is 26.0 Å². The minimum atomic E-state index is 0.469. The fraction of sp³-hybridized carbons (Fsp3) is 0.438. The lowest BCUT2D eigenvalue weighted by atomic mass is 9.97. The minimum absolute atomic E-state index is 0.469. The summed E-state index contributed by atoms with van der Waals surface area (Å²) in [6.45, 7) is 11.5. The number of hydrogen-bond acceptors (Lipinski definition) is 2. The molecule has 1 aromatic carbocycles. The van der Waals surface area contributed by atoms with E-state index in [1.54, 1.807) is 0 Å². The van der Waals surface area contributed by atoms with E-state index in [2.05, 4.69) is 62.0 Å². The van der Waals surface area contributed by atoms with E-state index >= 15 is 0 Å². The molecule has 0 aliphatic heterocycles. The molecule has 0 spiro atoms. The van der Waals surface area contributed by atoms with E-state index in [4.69, 9.17) is 0 Å². The predicted octanol–water partition coefficient (Wildman–Crippen LogP) is 3.50. The Balaban J connectivity index is 2.26. The minimum Gasteiger partial charge on any atom is -0.341 e. The smallest absolute Gasteiger partial charge is 0.120 e. The molecule has 2 aromatic rings. The molecule has 0 aliphatic carbocycles. The number of aromatic amines is 1. The highest BCUT2D eigenvalue weighted by molar-refractivity contribution is 5.65. The number of imidazole rings is 1. The Kier molecular flexibility index (Phi) is 4.05. The number of benzene rings is 1. The fourth-order valence-electron chi connectivity index (χ4n) is 2.14. The van der Waals surface area contributed by atoms with Gasteiger partial charge in [0, 0.05) is 11.6 Å². The predicted molar refractivity (Wildman–Crippen MR) is 80.2 cm³/mol. The molecule has 1 heterocycles. The highest BCUT2D eigenvalue weighted by atomic mass is 15.0. The molecule has 0 saturated heterocycles. The van der Waals surface area contributed by atoms with Crippen molar-refractivity contribution >= 4 is 0 Å². The Morgan fingerprint density at radius 3 is 2.58 bits per heavy atom. The van der Waals surface area contributed by atoms with Crippen molar-refractivity contribution in [2.75, 3.05) is 0 Å². The molecule has 0 radical (unpaired) electrons. The number of nitrogens with one attached hydrogen (secondary N) is 2. The standard InChI is InChI=1S/C16H23N3/c1-10(2)17-9-16-18-8-15(19-16)14-7-6-11(3)12(4)13(14)5/h6-8,10,17H,9H2,1-5H3,(H,18,19). The molecule has 0 aliphatic rings. The van der Waals surface area contributed by atoms with Crippen molar-refractivity contribution in [3.63, 3.8) is 0 Å². The van der Waals surface area contributed by atoms with Crippen LogP contribution in [0.25, 0.3) is 11.3 Å². The number of aryl methyl sites for hydroxylation is 1. The first-order valence-corrected chi connectivity index (χ1v) is 6.83. The molecule has 2 rings (SSSR count). The molecule has 3 nitrogen and oxygen atoms in total. The number of nitrogens with zero attached hydrogens (tertiary/aromatic N) is 1. The second-order valence-electron chi connectivity index (χ2n) is 5.46. The first-order chi connectivity index (χ1) is 8.99. The second kappa shape index (κ2) is 5.57. The lowest BCUT2D eigenvalue weighted by molar-refractivity contribution is 0.575. The van der Waals surface area contributed by atoms with Crippen molar-refractivity contribution in [1.29, 1.82) is 0 Å². The van der Waals surface area contributed by atoms with Crippen molar-refractivity contribution in [2.24, 2.45) is 0 Å². The second-order valence-corrected chi connectivity index (χ2v) is 5.46. The molecule has 0 saturated carbocycles. The number of H-pyrrole nitrogens is 1. The van der Waals surface area contributed by atoms with Crippen LogP contribution in [0.4, 0.5) is 0 Å². The van der Waals surface area contributed by atoms with Gasteiger partial charge in [0.2, 0.25) is 0 Å². The van der Waals surface area contributed by atoms with E-state index < -0.39 is 0 Å². The van der Waals surface area contributed by atoms with Gasteiger partial charge < -0.3 is 10.3 Å². The van der Waals surface area contributed by atoms with Crippen LogP contribution in [0, 0.1) is 20.8 Å². The van der Waals surface area contributed by atoms with Gasteiger partial charge in [0.1, 0.15) is 5.82 Å². The Hall–Kier alpha value is -1.61. The lowest BCUT2D eigenvalue weighted by Crippen LogP contribution is -2.22. The van der Waals surface area contributed by atoms with Crippen LogP contribution in [-0.2, 0) is 6.54 Å². The van der Waals surface area contributed by atoms with Crippen LogP contribution in [0.2, 0.25) is 0 Å². The molecular weight excluding hydrogens is 234 g/mol. The number of hydrogen-bond donors (Lipinski definition) is 2. The topological polar surface area (TPSA) is 40.7 Å². The van der Waals surface area contributed by atoms with Crippen molar-refractivity contribution in [3.8, 4) is 11.3 Å². The average Bonchev–Trinajstić information content (AvgIpc) is 2.82. The molecule has 0 fully saturated rings.